The van der Waals surface area contributed by atoms with Gasteiger partial charge in [-0.25, -0.2) is 0 Å². The molecular weight excluding hydrogens is 320 g/mol. The lowest BCUT2D eigenvalue weighted by atomic mass is 9.94. The van der Waals surface area contributed by atoms with Gasteiger partial charge in [0.15, 0.2) is 0 Å². The molecule has 4 nitrogen and oxygen atoms in total. The molecule has 3 aliphatic rings. The highest BCUT2D eigenvalue weighted by Gasteiger charge is 2.41. The highest BCUT2D eigenvalue weighted by atomic mass is 32.2. The summed E-state index contributed by atoms with van der Waals surface area (Å²) >= 11 is 2.11. The van der Waals surface area contributed by atoms with Crippen molar-refractivity contribution in [3.05, 3.63) is 29.3 Å². The monoisotopic (exact) mass is 348 g/mol. The van der Waals surface area contributed by atoms with Crippen LogP contribution in [-0.4, -0.2) is 61.9 Å². The molecule has 132 valence electrons. The van der Waals surface area contributed by atoms with E-state index in [2.05, 4.69) is 40.2 Å². The number of hydrogen-bond donors (Lipinski definition) is 1. The Kier molecular flexibility index (Phi) is 5.04. The summed E-state index contributed by atoms with van der Waals surface area (Å²) in [5, 5.41) is 3.92. The molecular formula is C19H28N2O2S. The average Bonchev–Trinajstić information content (AvgIpc) is 3.28. The van der Waals surface area contributed by atoms with E-state index in [1.807, 2.05) is 0 Å². The van der Waals surface area contributed by atoms with Gasteiger partial charge in [-0.2, -0.15) is 11.8 Å². The summed E-state index contributed by atoms with van der Waals surface area (Å²) in [5.41, 5.74) is 3.24. The molecule has 0 radical (unpaired) electrons. The molecule has 2 aliphatic heterocycles. The zero-order valence-electron chi connectivity index (χ0n) is 14.6. The van der Waals surface area contributed by atoms with Crippen molar-refractivity contribution in [1.29, 1.82) is 0 Å². The fraction of sp³-hybridized carbons (Fsp3) is 0.684. The minimum atomic E-state index is 0.316. The summed E-state index contributed by atoms with van der Waals surface area (Å²) in [6.45, 7) is 5.02. The fourth-order valence-corrected chi connectivity index (χ4v) is 5.84. The predicted molar refractivity (Wildman–Crippen MR) is 99.1 cm³/mol. The number of hydrogen-bond acceptors (Lipinski definition) is 5. The molecule has 1 aromatic carbocycles. The first-order valence-electron chi connectivity index (χ1n) is 9.11. The molecule has 1 aliphatic carbocycles. The van der Waals surface area contributed by atoms with Crippen LogP contribution in [0.25, 0.3) is 0 Å². The Bertz CT molecular complexity index is 568. The third-order valence-corrected chi connectivity index (χ3v) is 7.11. The minimum Gasteiger partial charge on any atom is -0.497 e. The maximum absolute atomic E-state index is 5.57. The second kappa shape index (κ2) is 7.24. The van der Waals surface area contributed by atoms with E-state index in [-0.39, 0.29) is 0 Å². The molecule has 2 saturated heterocycles. The van der Waals surface area contributed by atoms with Crippen molar-refractivity contribution < 1.29 is 9.47 Å². The van der Waals surface area contributed by atoms with Crippen LogP contribution in [0.5, 0.6) is 5.75 Å². The highest BCUT2D eigenvalue weighted by Crippen LogP contribution is 2.37. The number of nitrogens with one attached hydrogen (secondary N) is 1. The van der Waals surface area contributed by atoms with Gasteiger partial charge in [-0.05, 0) is 48.3 Å². The maximum Gasteiger partial charge on any atom is 0.119 e. The Morgan fingerprint density at radius 3 is 3.00 bits per heavy atom. The molecule has 0 aromatic heterocycles. The van der Waals surface area contributed by atoms with Gasteiger partial charge in [-0.15, -0.1) is 0 Å². The molecule has 1 aromatic rings. The van der Waals surface area contributed by atoms with Crippen LogP contribution in [0.15, 0.2) is 18.2 Å². The van der Waals surface area contributed by atoms with Crippen LogP contribution in [0, 0.1) is 0 Å². The SMILES string of the molecule is COc1ccc2c(c1)C(NCC1(N3CCOCC3)CCSC1)CC2. The van der Waals surface area contributed by atoms with E-state index >= 15 is 0 Å². The van der Waals surface area contributed by atoms with Crippen molar-refractivity contribution in [3.63, 3.8) is 0 Å². The standard InChI is InChI=1S/C19H28N2O2S/c1-22-16-4-2-15-3-5-18(17(15)12-16)20-13-19(6-11-24-14-19)21-7-9-23-10-8-21/h2,4,12,18,20H,3,5-11,13-14H2,1H3. The molecule has 5 heteroatoms. The van der Waals surface area contributed by atoms with Crippen LogP contribution in [0.4, 0.5) is 0 Å². The van der Waals surface area contributed by atoms with E-state index in [1.54, 1.807) is 7.11 Å². The number of ether oxygens (including phenoxy) is 2. The van der Waals surface area contributed by atoms with Gasteiger partial charge in [0.2, 0.25) is 0 Å². The van der Waals surface area contributed by atoms with Crippen LogP contribution in [-0.2, 0) is 11.2 Å². The lowest BCUT2D eigenvalue weighted by Crippen LogP contribution is -2.58. The first-order chi connectivity index (χ1) is 11.8. The Labute approximate surface area is 149 Å². The Morgan fingerprint density at radius 1 is 1.38 bits per heavy atom. The van der Waals surface area contributed by atoms with Crippen molar-refractivity contribution in [1.82, 2.24) is 10.2 Å². The number of benzene rings is 1. The van der Waals surface area contributed by atoms with E-state index < -0.39 is 0 Å². The lowest BCUT2D eigenvalue weighted by Gasteiger charge is -2.43. The van der Waals surface area contributed by atoms with Crippen LogP contribution in [0.1, 0.15) is 30.0 Å². The zero-order chi connectivity index (χ0) is 16.4. The molecule has 0 spiro atoms. The summed E-state index contributed by atoms with van der Waals surface area (Å²) in [7, 11) is 1.75. The molecule has 1 N–H and O–H groups in total. The third-order valence-electron chi connectivity index (χ3n) is 5.87. The van der Waals surface area contributed by atoms with Gasteiger partial charge in [0.25, 0.3) is 0 Å². The zero-order valence-corrected chi connectivity index (χ0v) is 15.4. The van der Waals surface area contributed by atoms with Gasteiger partial charge in [0.1, 0.15) is 5.75 Å². The van der Waals surface area contributed by atoms with E-state index in [0.29, 0.717) is 11.6 Å². The smallest absolute Gasteiger partial charge is 0.119 e. The van der Waals surface area contributed by atoms with Crippen LogP contribution in [0.3, 0.4) is 0 Å². The number of nitrogens with zero attached hydrogens (tertiary/aromatic N) is 1. The van der Waals surface area contributed by atoms with Crippen LogP contribution >= 0.6 is 11.8 Å². The first-order valence-corrected chi connectivity index (χ1v) is 10.3. The molecule has 0 amide bonds. The Hall–Kier alpha value is -0.750. The van der Waals surface area contributed by atoms with Gasteiger partial charge >= 0.3 is 0 Å². The molecule has 2 heterocycles. The maximum atomic E-state index is 5.57. The van der Waals surface area contributed by atoms with Crippen molar-refractivity contribution in [2.75, 3.05) is 51.5 Å². The molecule has 0 saturated carbocycles. The van der Waals surface area contributed by atoms with Crippen molar-refractivity contribution >= 4 is 11.8 Å². The topological polar surface area (TPSA) is 33.7 Å². The highest BCUT2D eigenvalue weighted by molar-refractivity contribution is 7.99. The molecule has 2 unspecified atom stereocenters. The van der Waals surface area contributed by atoms with E-state index in [9.17, 15) is 0 Å². The van der Waals surface area contributed by atoms with Gasteiger partial charge in [-0.3, -0.25) is 4.90 Å². The Morgan fingerprint density at radius 2 is 2.25 bits per heavy atom. The molecule has 2 atom stereocenters. The fourth-order valence-electron chi connectivity index (χ4n) is 4.37. The number of methoxy groups -OCH3 is 1. The summed E-state index contributed by atoms with van der Waals surface area (Å²) in [6.07, 6.45) is 3.67. The first kappa shape index (κ1) is 16.7. The van der Waals surface area contributed by atoms with Gasteiger partial charge in [0.05, 0.1) is 20.3 Å². The van der Waals surface area contributed by atoms with Crippen molar-refractivity contribution in [2.45, 2.75) is 30.8 Å². The molecule has 4 rings (SSSR count). The lowest BCUT2D eigenvalue weighted by molar-refractivity contribution is -0.0141. The van der Waals surface area contributed by atoms with Gasteiger partial charge in [0, 0.05) is 37.0 Å². The van der Waals surface area contributed by atoms with E-state index in [1.165, 1.54) is 41.9 Å². The third kappa shape index (κ3) is 3.19. The van der Waals surface area contributed by atoms with Gasteiger partial charge in [-0.1, -0.05) is 6.07 Å². The molecule has 24 heavy (non-hydrogen) atoms. The normalized spacial score (nSPS) is 30.5. The Balaban J connectivity index is 1.46. The van der Waals surface area contributed by atoms with E-state index in [0.717, 1.165) is 38.6 Å². The van der Waals surface area contributed by atoms with Crippen molar-refractivity contribution in [3.8, 4) is 5.75 Å². The molecule has 2 fully saturated rings. The summed E-state index contributed by atoms with van der Waals surface area (Å²) in [4.78, 5) is 2.69. The number of morpholine rings is 1. The second-order valence-electron chi connectivity index (χ2n) is 7.16. The van der Waals surface area contributed by atoms with Crippen LogP contribution < -0.4 is 10.1 Å². The summed E-state index contributed by atoms with van der Waals surface area (Å²) in [5.74, 6) is 3.51. The predicted octanol–water partition coefficient (Wildman–Crippen LogP) is 2.48. The largest absolute Gasteiger partial charge is 0.497 e. The molecule has 0 bridgehead atoms. The summed E-state index contributed by atoms with van der Waals surface area (Å²) in [6, 6.07) is 7.02. The summed E-state index contributed by atoms with van der Waals surface area (Å²) < 4.78 is 11.0. The average molecular weight is 349 g/mol. The number of rotatable bonds is 5. The number of aryl methyl sites for hydroxylation is 1. The number of fused-ring (bicyclic) bond motifs is 1. The quantitative estimate of drug-likeness (QED) is 0.884. The minimum absolute atomic E-state index is 0.316. The van der Waals surface area contributed by atoms with Crippen molar-refractivity contribution in [2.24, 2.45) is 0 Å². The number of thioether (sulfide) groups is 1. The van der Waals surface area contributed by atoms with E-state index in [4.69, 9.17) is 9.47 Å². The second-order valence-corrected chi connectivity index (χ2v) is 8.27. The van der Waals surface area contributed by atoms with Gasteiger partial charge < -0.3 is 14.8 Å². The van der Waals surface area contributed by atoms with Crippen LogP contribution in [0.2, 0.25) is 0 Å².